The van der Waals surface area contributed by atoms with Crippen LogP contribution in [0.25, 0.3) is 16.7 Å². The molecule has 4 aromatic heterocycles. The number of hydrogen-bond donors (Lipinski definition) is 1. The summed E-state index contributed by atoms with van der Waals surface area (Å²) in [6, 6.07) is 10.5. The average molecular weight is 558 g/mol. The zero-order valence-electron chi connectivity index (χ0n) is 20.9. The Hall–Kier alpha value is -4.84. The topological polar surface area (TPSA) is 114 Å². The lowest BCUT2D eigenvalue weighted by molar-refractivity contribution is -0.127. The lowest BCUT2D eigenvalue weighted by Gasteiger charge is -2.34. The Kier molecular flexibility index (Phi) is 5.70. The first kappa shape index (κ1) is 24.2. The van der Waals surface area contributed by atoms with Crippen LogP contribution in [0.3, 0.4) is 0 Å². The molecule has 0 unspecified atom stereocenters. The van der Waals surface area contributed by atoms with Crippen molar-refractivity contribution in [2.75, 3.05) is 23.3 Å². The first-order valence-electron chi connectivity index (χ1n) is 12.5. The Bertz CT molecular complexity index is 1810. The number of hydrogen-bond acceptors (Lipinski definition) is 9. The fourth-order valence-corrected chi connectivity index (χ4v) is 5.54. The maximum absolute atomic E-state index is 15.4. The number of amides is 1. The largest absolute Gasteiger partial charge is 0.455 e. The van der Waals surface area contributed by atoms with Crippen molar-refractivity contribution in [3.63, 3.8) is 0 Å². The highest BCUT2D eigenvalue weighted by Crippen LogP contribution is 2.38. The lowest BCUT2D eigenvalue weighted by Crippen LogP contribution is -2.48. The summed E-state index contributed by atoms with van der Waals surface area (Å²) in [6.45, 7) is 4.90. The molecule has 13 heteroatoms. The molecule has 2 atom stereocenters. The van der Waals surface area contributed by atoms with E-state index in [4.69, 9.17) is 21.3 Å². The van der Waals surface area contributed by atoms with Crippen LogP contribution in [-0.2, 0) is 4.79 Å². The summed E-state index contributed by atoms with van der Waals surface area (Å²) in [5.41, 5.74) is 1.78. The van der Waals surface area contributed by atoms with Crippen molar-refractivity contribution >= 4 is 51.5 Å². The number of benzene rings is 1. The minimum absolute atomic E-state index is 0.0491. The van der Waals surface area contributed by atoms with E-state index in [-0.39, 0.29) is 34.5 Å². The molecule has 1 amide bonds. The molecular formula is C27H21ClFN9O2. The minimum Gasteiger partial charge on any atom is -0.455 e. The second kappa shape index (κ2) is 9.42. The van der Waals surface area contributed by atoms with Gasteiger partial charge in [0.05, 0.1) is 23.3 Å². The lowest BCUT2D eigenvalue weighted by atomic mass is 10.2. The highest BCUT2D eigenvalue weighted by Gasteiger charge is 2.45. The zero-order valence-corrected chi connectivity index (χ0v) is 21.7. The van der Waals surface area contributed by atoms with Gasteiger partial charge in [-0.25, -0.2) is 28.8 Å². The molecule has 5 aromatic rings. The van der Waals surface area contributed by atoms with Crippen molar-refractivity contribution < 1.29 is 13.9 Å². The smallest absolute Gasteiger partial charge is 0.246 e. The Labute approximate surface area is 231 Å². The summed E-state index contributed by atoms with van der Waals surface area (Å²) in [7, 11) is 0. The van der Waals surface area contributed by atoms with Crippen molar-refractivity contribution in [2.45, 2.75) is 18.5 Å². The quantitative estimate of drug-likeness (QED) is 0.304. The van der Waals surface area contributed by atoms with Gasteiger partial charge in [-0.2, -0.15) is 5.10 Å². The number of ether oxygens (including phenoxy) is 1. The van der Waals surface area contributed by atoms with E-state index in [0.29, 0.717) is 41.3 Å². The van der Waals surface area contributed by atoms with Gasteiger partial charge in [-0.05, 0) is 42.8 Å². The molecule has 7 rings (SSSR count). The Morgan fingerprint density at radius 1 is 1.12 bits per heavy atom. The van der Waals surface area contributed by atoms with E-state index in [1.54, 1.807) is 28.9 Å². The minimum atomic E-state index is -0.700. The molecule has 2 aliphatic heterocycles. The summed E-state index contributed by atoms with van der Waals surface area (Å²) < 4.78 is 22.8. The fourth-order valence-electron chi connectivity index (χ4n) is 5.34. The van der Waals surface area contributed by atoms with E-state index in [1.165, 1.54) is 24.8 Å². The molecule has 11 nitrogen and oxygen atoms in total. The highest BCUT2D eigenvalue weighted by molar-refractivity contribution is 6.32. The summed E-state index contributed by atoms with van der Waals surface area (Å²) >= 11 is 6.36. The number of rotatable bonds is 6. The summed E-state index contributed by atoms with van der Waals surface area (Å²) in [5, 5.41) is 6.87. The van der Waals surface area contributed by atoms with Gasteiger partial charge in [0, 0.05) is 25.4 Å². The van der Waals surface area contributed by atoms with E-state index in [0.717, 1.165) is 12.2 Å². The van der Waals surface area contributed by atoms with Gasteiger partial charge in [0.2, 0.25) is 5.91 Å². The molecule has 0 aliphatic carbocycles. The van der Waals surface area contributed by atoms with Gasteiger partial charge in [0.25, 0.3) is 0 Å². The van der Waals surface area contributed by atoms with Crippen LogP contribution < -0.4 is 15.0 Å². The molecule has 0 saturated carbocycles. The molecule has 2 aliphatic rings. The number of fused-ring (bicyclic) bond motifs is 4. The van der Waals surface area contributed by atoms with Crippen LogP contribution in [0.1, 0.15) is 6.42 Å². The molecule has 200 valence electrons. The van der Waals surface area contributed by atoms with E-state index in [1.807, 2.05) is 17.0 Å². The molecule has 2 saturated heterocycles. The number of aromatic nitrogens is 6. The first-order chi connectivity index (χ1) is 19.5. The summed E-state index contributed by atoms with van der Waals surface area (Å²) in [5.74, 6) is 0.917. The van der Waals surface area contributed by atoms with Gasteiger partial charge in [0.1, 0.15) is 40.5 Å². The van der Waals surface area contributed by atoms with Crippen LogP contribution in [0.2, 0.25) is 5.02 Å². The number of halogens is 2. The molecule has 0 spiro atoms. The maximum atomic E-state index is 15.4. The SMILES string of the molecule is C=CC(=O)N1C[C@@H]2C[C@H]1CN2c1ccc2ncnc(Nc3ccc(Oc4ccn5ncnc5c4)c(Cl)c3F)c2n1. The standard InChI is InChI=1S/C27H21ClFN9O2/c1-2-23(39)37-12-15-9-16(37)11-36(15)21-6-4-19-26(35-21)27(32-13-30-19)34-18-3-5-20(24(28)25(18)29)40-17-7-8-38-22(10-17)31-14-33-38/h2-8,10,13-16H,1,9,11-12H2,(H,30,32,34)/t15-,16-/m0/s1. The molecular weight excluding hydrogens is 537 g/mol. The predicted octanol–water partition coefficient (Wildman–Crippen LogP) is 4.37. The number of carbonyl (C=O) groups excluding carboxylic acids is 1. The normalized spacial score (nSPS) is 18.1. The number of pyridine rings is 2. The monoisotopic (exact) mass is 557 g/mol. The van der Waals surface area contributed by atoms with Gasteiger partial charge >= 0.3 is 0 Å². The van der Waals surface area contributed by atoms with Gasteiger partial charge in [-0.1, -0.05) is 18.2 Å². The average Bonchev–Trinajstić information content (AvgIpc) is 3.72. The van der Waals surface area contributed by atoms with Crippen molar-refractivity contribution in [3.05, 3.63) is 78.7 Å². The molecule has 2 bridgehead atoms. The molecule has 1 N–H and O–H groups in total. The van der Waals surface area contributed by atoms with Crippen molar-refractivity contribution in [1.29, 1.82) is 0 Å². The molecule has 2 fully saturated rings. The predicted molar refractivity (Wildman–Crippen MR) is 147 cm³/mol. The number of piperazine rings is 1. The second-order valence-electron chi connectivity index (χ2n) is 9.54. The molecule has 1 aromatic carbocycles. The van der Waals surface area contributed by atoms with Crippen LogP contribution in [0.5, 0.6) is 11.5 Å². The Morgan fingerprint density at radius 2 is 2.02 bits per heavy atom. The van der Waals surface area contributed by atoms with Crippen LogP contribution in [0.4, 0.5) is 21.7 Å². The van der Waals surface area contributed by atoms with E-state index in [9.17, 15) is 4.79 Å². The van der Waals surface area contributed by atoms with Crippen LogP contribution in [0, 0.1) is 5.82 Å². The number of anilines is 3. The van der Waals surface area contributed by atoms with Gasteiger partial charge in [-0.3, -0.25) is 4.79 Å². The summed E-state index contributed by atoms with van der Waals surface area (Å²) in [6.07, 6.45) is 6.73. The fraction of sp³-hybridized carbons (Fsp3) is 0.185. The van der Waals surface area contributed by atoms with E-state index in [2.05, 4.69) is 36.8 Å². The van der Waals surface area contributed by atoms with Crippen LogP contribution in [0.15, 0.2) is 67.9 Å². The van der Waals surface area contributed by atoms with Crippen LogP contribution in [-0.4, -0.2) is 65.5 Å². The van der Waals surface area contributed by atoms with Gasteiger partial charge in [0.15, 0.2) is 17.3 Å². The first-order valence-corrected chi connectivity index (χ1v) is 12.9. The third-order valence-corrected chi connectivity index (χ3v) is 7.59. The number of likely N-dealkylation sites (tertiary alicyclic amines) is 1. The molecule has 6 heterocycles. The van der Waals surface area contributed by atoms with Gasteiger partial charge in [-0.15, -0.1) is 0 Å². The van der Waals surface area contributed by atoms with Gasteiger partial charge < -0.3 is 19.9 Å². The highest BCUT2D eigenvalue weighted by atomic mass is 35.5. The second-order valence-corrected chi connectivity index (χ2v) is 9.92. The van der Waals surface area contributed by atoms with E-state index < -0.39 is 5.82 Å². The number of carbonyl (C=O) groups is 1. The van der Waals surface area contributed by atoms with Crippen molar-refractivity contribution in [3.8, 4) is 11.5 Å². The number of nitrogens with zero attached hydrogens (tertiary/aromatic N) is 8. The molecule has 0 radical (unpaired) electrons. The van der Waals surface area contributed by atoms with Crippen molar-refractivity contribution in [1.82, 2.24) is 34.4 Å². The van der Waals surface area contributed by atoms with Crippen molar-refractivity contribution in [2.24, 2.45) is 0 Å². The zero-order chi connectivity index (χ0) is 27.4. The van der Waals surface area contributed by atoms with E-state index >= 15 is 4.39 Å². The van der Waals surface area contributed by atoms with Crippen LogP contribution >= 0.6 is 11.6 Å². The number of nitrogens with one attached hydrogen (secondary N) is 1. The maximum Gasteiger partial charge on any atom is 0.246 e. The summed E-state index contributed by atoms with van der Waals surface area (Å²) in [4.78, 5) is 33.8. The molecule has 40 heavy (non-hydrogen) atoms. The third kappa shape index (κ3) is 4.04. The Balaban J connectivity index is 1.15. The third-order valence-electron chi connectivity index (χ3n) is 7.24. The Morgan fingerprint density at radius 3 is 2.85 bits per heavy atom.